The Morgan fingerprint density at radius 1 is 0.613 bits per heavy atom. The molecule has 0 saturated heterocycles. The summed E-state index contributed by atoms with van der Waals surface area (Å²) in [6, 6.07) is 19.5. The van der Waals surface area contributed by atoms with Crippen LogP contribution >= 0.6 is 11.3 Å². The van der Waals surface area contributed by atoms with E-state index in [1.54, 1.807) is 35.6 Å². The van der Waals surface area contributed by atoms with E-state index in [0.717, 1.165) is 11.3 Å². The second kappa shape index (κ2) is 10.2. The second-order valence-corrected chi connectivity index (χ2v) is 8.68. The predicted molar refractivity (Wildman–Crippen MR) is 115 cm³/mol. The standard InChI is InChI=1S/C24H22N4O2S/c25-15-23(16-26)9-7-21-5-6-22(31-21)8-11-29-13-14-30-12-10-24(17-27,18-28)20-3-1-19(23)2-4-20/h1-6H,7-14H2. The lowest BCUT2D eigenvalue weighted by Gasteiger charge is -2.22. The first-order chi connectivity index (χ1) is 15.1. The number of ether oxygens (including phenoxy) is 2. The molecule has 0 spiro atoms. The minimum absolute atomic E-state index is 0.221. The summed E-state index contributed by atoms with van der Waals surface area (Å²) < 4.78 is 11.2. The summed E-state index contributed by atoms with van der Waals surface area (Å²) in [6.45, 7) is 1.68. The Kier molecular flexibility index (Phi) is 7.41. The van der Waals surface area contributed by atoms with Crippen LogP contribution in [0.25, 0.3) is 0 Å². The number of nitriles is 4. The zero-order valence-corrected chi connectivity index (χ0v) is 18.0. The number of hydrogen-bond donors (Lipinski definition) is 0. The summed E-state index contributed by atoms with van der Waals surface area (Å²) in [7, 11) is 0. The molecule has 1 aromatic heterocycles. The summed E-state index contributed by atoms with van der Waals surface area (Å²) in [4.78, 5) is 2.32. The molecule has 0 aliphatic carbocycles. The maximum absolute atomic E-state index is 9.87. The molecule has 3 heterocycles. The van der Waals surface area contributed by atoms with Gasteiger partial charge in [0.05, 0.1) is 44.1 Å². The van der Waals surface area contributed by atoms with E-state index in [9.17, 15) is 21.0 Å². The Balaban J connectivity index is 1.94. The molecule has 4 bridgehead atoms. The molecule has 2 aromatic rings. The average Bonchev–Trinajstić information content (AvgIpc) is 3.27. The zero-order valence-electron chi connectivity index (χ0n) is 17.1. The molecule has 2 aliphatic rings. The average molecular weight is 431 g/mol. The van der Waals surface area contributed by atoms with Crippen LogP contribution in [0.3, 0.4) is 0 Å². The van der Waals surface area contributed by atoms with E-state index in [-0.39, 0.29) is 13.0 Å². The molecule has 6 nitrogen and oxygen atoms in total. The Labute approximate surface area is 186 Å². The second-order valence-electron chi connectivity index (χ2n) is 7.43. The van der Waals surface area contributed by atoms with Crippen molar-refractivity contribution in [1.82, 2.24) is 0 Å². The quantitative estimate of drug-likeness (QED) is 0.626. The molecule has 4 rings (SSSR count). The summed E-state index contributed by atoms with van der Waals surface area (Å²) in [5.41, 5.74) is -1.53. The van der Waals surface area contributed by atoms with Gasteiger partial charge in [-0.05, 0) is 36.1 Å². The summed E-state index contributed by atoms with van der Waals surface area (Å²) in [5, 5.41) is 39.2. The first-order valence-electron chi connectivity index (χ1n) is 10.1. The van der Waals surface area contributed by atoms with Crippen molar-refractivity contribution in [3.05, 3.63) is 57.3 Å². The van der Waals surface area contributed by atoms with Crippen LogP contribution in [-0.2, 0) is 33.1 Å². The van der Waals surface area contributed by atoms with Gasteiger partial charge in [0.2, 0.25) is 0 Å². The van der Waals surface area contributed by atoms with Crippen molar-refractivity contribution in [3.63, 3.8) is 0 Å². The fraction of sp³-hybridized carbons (Fsp3) is 0.417. The zero-order chi connectivity index (χ0) is 22.2. The number of rotatable bonds is 0. The minimum atomic E-state index is -1.35. The molecule has 156 valence electrons. The number of fused-ring (bicyclic) bond motifs is 12. The summed E-state index contributed by atoms with van der Waals surface area (Å²) in [6.07, 6.45) is 1.99. The first-order valence-corrected chi connectivity index (χ1v) is 10.9. The summed E-state index contributed by atoms with van der Waals surface area (Å²) in [5.74, 6) is 0. The van der Waals surface area contributed by atoms with Gasteiger partial charge in [-0.15, -0.1) is 11.3 Å². The van der Waals surface area contributed by atoms with Crippen LogP contribution < -0.4 is 0 Å². The highest BCUT2D eigenvalue weighted by molar-refractivity contribution is 7.11. The third-order valence-electron chi connectivity index (χ3n) is 5.58. The van der Waals surface area contributed by atoms with Crippen LogP contribution in [0.15, 0.2) is 36.4 Å². The van der Waals surface area contributed by atoms with Crippen molar-refractivity contribution in [3.8, 4) is 24.3 Å². The molecule has 2 aliphatic heterocycles. The molecule has 0 amide bonds. The van der Waals surface area contributed by atoms with Crippen LogP contribution in [0.2, 0.25) is 0 Å². The van der Waals surface area contributed by atoms with Crippen molar-refractivity contribution in [2.75, 3.05) is 26.4 Å². The number of thiophene rings is 1. The SMILES string of the molecule is N#CC1(C#N)CCOCCOCCc2ccc(s2)CCC(C#N)(C#N)c2ccc1cc2. The van der Waals surface area contributed by atoms with Gasteiger partial charge in [-0.3, -0.25) is 0 Å². The highest BCUT2D eigenvalue weighted by atomic mass is 32.1. The van der Waals surface area contributed by atoms with Gasteiger partial charge in [-0.2, -0.15) is 21.0 Å². The third kappa shape index (κ3) is 4.93. The van der Waals surface area contributed by atoms with Crippen LogP contribution in [0.4, 0.5) is 0 Å². The Hall–Kier alpha value is -3.20. The molecule has 31 heavy (non-hydrogen) atoms. The van der Waals surface area contributed by atoms with Gasteiger partial charge < -0.3 is 9.47 Å². The van der Waals surface area contributed by atoms with E-state index < -0.39 is 10.8 Å². The van der Waals surface area contributed by atoms with Crippen LogP contribution in [0, 0.1) is 45.3 Å². The van der Waals surface area contributed by atoms with Gasteiger partial charge in [0.25, 0.3) is 0 Å². The van der Waals surface area contributed by atoms with Crippen LogP contribution in [0.5, 0.6) is 0 Å². The predicted octanol–water partition coefficient (Wildman–Crippen LogP) is 3.93. The lowest BCUT2D eigenvalue weighted by Crippen LogP contribution is -2.26. The third-order valence-corrected chi connectivity index (χ3v) is 6.79. The Morgan fingerprint density at radius 3 is 1.65 bits per heavy atom. The fourth-order valence-electron chi connectivity index (χ4n) is 3.58. The molecule has 7 heteroatoms. The van der Waals surface area contributed by atoms with Gasteiger partial charge in [-0.1, -0.05) is 24.3 Å². The van der Waals surface area contributed by atoms with Crippen molar-refractivity contribution >= 4 is 11.3 Å². The minimum Gasteiger partial charge on any atom is -0.379 e. The Morgan fingerprint density at radius 2 is 1.10 bits per heavy atom. The van der Waals surface area contributed by atoms with E-state index in [2.05, 4.69) is 30.3 Å². The maximum atomic E-state index is 9.87. The van der Waals surface area contributed by atoms with Crippen molar-refractivity contribution < 1.29 is 9.47 Å². The van der Waals surface area contributed by atoms with E-state index in [1.165, 1.54) is 4.88 Å². The monoisotopic (exact) mass is 430 g/mol. The van der Waals surface area contributed by atoms with Gasteiger partial charge in [0, 0.05) is 29.2 Å². The van der Waals surface area contributed by atoms with Gasteiger partial charge in [0.15, 0.2) is 10.8 Å². The number of nitrogens with zero attached hydrogens (tertiary/aromatic N) is 4. The van der Waals surface area contributed by atoms with E-state index in [1.807, 2.05) is 6.07 Å². The molecular weight excluding hydrogens is 408 g/mol. The molecule has 0 radical (unpaired) electrons. The van der Waals surface area contributed by atoms with Crippen LogP contribution in [0.1, 0.15) is 33.7 Å². The number of aryl methyl sites for hydroxylation is 1. The lowest BCUT2D eigenvalue weighted by atomic mass is 9.76. The highest BCUT2D eigenvalue weighted by Crippen LogP contribution is 2.33. The van der Waals surface area contributed by atoms with Gasteiger partial charge >= 0.3 is 0 Å². The summed E-state index contributed by atoms with van der Waals surface area (Å²) >= 11 is 1.67. The largest absolute Gasteiger partial charge is 0.379 e. The normalized spacial score (nSPS) is 18.7. The van der Waals surface area contributed by atoms with E-state index >= 15 is 0 Å². The van der Waals surface area contributed by atoms with Crippen molar-refractivity contribution in [2.45, 2.75) is 36.5 Å². The molecule has 1 aromatic carbocycles. The lowest BCUT2D eigenvalue weighted by molar-refractivity contribution is 0.0459. The molecule has 0 N–H and O–H groups in total. The number of hydrogen-bond acceptors (Lipinski definition) is 7. The van der Waals surface area contributed by atoms with Crippen LogP contribution in [-0.4, -0.2) is 26.4 Å². The molecule has 0 atom stereocenters. The Bertz CT molecular complexity index is 1040. The molecular formula is C24H22N4O2S. The fourth-order valence-corrected chi connectivity index (χ4v) is 4.58. The van der Waals surface area contributed by atoms with Gasteiger partial charge in [0.1, 0.15) is 0 Å². The molecule has 0 saturated carbocycles. The highest BCUT2D eigenvalue weighted by Gasteiger charge is 2.35. The van der Waals surface area contributed by atoms with Gasteiger partial charge in [-0.25, -0.2) is 0 Å². The topological polar surface area (TPSA) is 114 Å². The van der Waals surface area contributed by atoms with E-state index in [0.29, 0.717) is 43.8 Å². The van der Waals surface area contributed by atoms with Crippen molar-refractivity contribution in [1.29, 1.82) is 21.0 Å². The smallest absolute Gasteiger partial charge is 0.170 e. The van der Waals surface area contributed by atoms with E-state index in [4.69, 9.17) is 9.47 Å². The van der Waals surface area contributed by atoms with Crippen molar-refractivity contribution in [2.24, 2.45) is 0 Å². The first kappa shape index (κ1) is 22.5. The number of benzene rings is 1. The molecule has 0 fully saturated rings. The maximum Gasteiger partial charge on any atom is 0.170 e. The molecule has 0 unspecified atom stereocenters.